The Morgan fingerprint density at radius 3 is 2.61 bits per heavy atom. The normalized spacial score (nSPS) is 13.4. The fourth-order valence-corrected chi connectivity index (χ4v) is 4.46. The molecule has 0 unspecified atom stereocenters. The number of rotatable bonds is 4. The summed E-state index contributed by atoms with van der Waals surface area (Å²) in [5.74, 6) is 6.27. The van der Waals surface area contributed by atoms with E-state index in [1.165, 1.54) is 16.0 Å². The van der Waals surface area contributed by atoms with Gasteiger partial charge in [0.15, 0.2) is 0 Å². The number of hydrazine groups is 1. The Morgan fingerprint density at radius 2 is 1.86 bits per heavy atom. The summed E-state index contributed by atoms with van der Waals surface area (Å²) in [7, 11) is 0. The Morgan fingerprint density at radius 1 is 1.07 bits per heavy atom. The largest absolute Gasteiger partial charge is 0.310 e. The molecule has 0 bridgehead atoms. The Labute approximate surface area is 173 Å². The smallest absolute Gasteiger partial charge is 0.139 e. The fraction of sp³-hybridized carbons (Fsp3) is 0.182. The van der Waals surface area contributed by atoms with Crippen LogP contribution in [0, 0.1) is 6.92 Å². The molecule has 4 nitrogen and oxygen atoms in total. The Balaban J connectivity index is 1.67. The minimum absolute atomic E-state index is 0.400. The Kier molecular flexibility index (Phi) is 5.57. The number of nitrogens with zero attached hydrogens (tertiary/aromatic N) is 2. The molecule has 3 N–H and O–H groups in total. The van der Waals surface area contributed by atoms with Crippen molar-refractivity contribution in [3.05, 3.63) is 86.8 Å². The zero-order valence-corrected chi connectivity index (χ0v) is 17.1. The van der Waals surface area contributed by atoms with Gasteiger partial charge in [-0.2, -0.15) is 0 Å². The zero-order valence-electron chi connectivity index (χ0n) is 15.6. The van der Waals surface area contributed by atoms with Crippen molar-refractivity contribution in [1.82, 2.24) is 5.43 Å². The summed E-state index contributed by atoms with van der Waals surface area (Å²) in [5, 5.41) is 1.60. The van der Waals surface area contributed by atoms with Crippen LogP contribution in [0.2, 0.25) is 5.02 Å². The molecule has 28 heavy (non-hydrogen) atoms. The quantitative estimate of drug-likeness (QED) is 0.479. The van der Waals surface area contributed by atoms with Crippen molar-refractivity contribution in [2.45, 2.75) is 19.8 Å². The summed E-state index contributed by atoms with van der Waals surface area (Å²) in [6.07, 6.45) is 1.95. The first-order valence-electron chi connectivity index (χ1n) is 9.16. The van der Waals surface area contributed by atoms with Crippen molar-refractivity contribution in [3.63, 3.8) is 0 Å². The minimum atomic E-state index is 0.400. The molecule has 0 radical (unpaired) electrons. The molecule has 0 atom stereocenters. The summed E-state index contributed by atoms with van der Waals surface area (Å²) < 4.78 is 0. The maximum absolute atomic E-state index is 6.45. The lowest BCUT2D eigenvalue weighted by Crippen LogP contribution is -2.32. The first kappa shape index (κ1) is 18.9. The van der Waals surface area contributed by atoms with E-state index in [4.69, 9.17) is 27.4 Å². The van der Waals surface area contributed by atoms with Gasteiger partial charge in [-0.05, 0) is 37.5 Å². The molecule has 1 aromatic heterocycles. The highest BCUT2D eigenvalue weighted by Crippen LogP contribution is 2.36. The van der Waals surface area contributed by atoms with Crippen LogP contribution in [0.15, 0.2) is 64.6 Å². The van der Waals surface area contributed by atoms with E-state index >= 15 is 0 Å². The maximum Gasteiger partial charge on any atom is 0.139 e. The fourth-order valence-electron chi connectivity index (χ4n) is 3.19. The molecule has 2 heterocycles. The third-order valence-corrected chi connectivity index (χ3v) is 6.14. The lowest BCUT2D eigenvalue weighted by molar-refractivity contribution is 0.979. The maximum atomic E-state index is 6.45. The van der Waals surface area contributed by atoms with Gasteiger partial charge in [0.2, 0.25) is 0 Å². The molecule has 1 aliphatic heterocycles. The van der Waals surface area contributed by atoms with Gasteiger partial charge in [-0.1, -0.05) is 59.6 Å². The van der Waals surface area contributed by atoms with Crippen LogP contribution in [0.25, 0.3) is 0 Å². The van der Waals surface area contributed by atoms with Gasteiger partial charge in [0, 0.05) is 21.0 Å². The van der Waals surface area contributed by atoms with Crippen molar-refractivity contribution in [2.24, 2.45) is 15.8 Å². The van der Waals surface area contributed by atoms with Crippen LogP contribution in [-0.4, -0.2) is 18.1 Å². The van der Waals surface area contributed by atoms with E-state index in [1.54, 1.807) is 11.3 Å². The predicted octanol–water partition coefficient (Wildman–Crippen LogP) is 4.84. The van der Waals surface area contributed by atoms with E-state index in [2.05, 4.69) is 42.7 Å². The summed E-state index contributed by atoms with van der Waals surface area (Å²) >= 11 is 8.14. The lowest BCUT2D eigenvalue weighted by Gasteiger charge is -2.07. The number of nitrogens with two attached hydrogens (primary N) is 1. The zero-order chi connectivity index (χ0) is 19.5. The number of halogens is 1. The van der Waals surface area contributed by atoms with Crippen LogP contribution in [0.3, 0.4) is 0 Å². The van der Waals surface area contributed by atoms with E-state index < -0.39 is 0 Å². The molecule has 6 heteroatoms. The summed E-state index contributed by atoms with van der Waals surface area (Å²) in [5.41, 5.74) is 8.08. The third-order valence-electron chi connectivity index (χ3n) is 4.72. The van der Waals surface area contributed by atoms with Crippen molar-refractivity contribution in [2.75, 3.05) is 6.54 Å². The molecule has 0 aliphatic carbocycles. The lowest BCUT2D eigenvalue weighted by atomic mass is 10.0. The van der Waals surface area contributed by atoms with Crippen LogP contribution < -0.4 is 11.3 Å². The molecule has 1 aliphatic rings. The van der Waals surface area contributed by atoms with Crippen molar-refractivity contribution in [3.8, 4) is 0 Å². The second-order valence-electron chi connectivity index (χ2n) is 6.76. The Hall–Kier alpha value is -2.47. The van der Waals surface area contributed by atoms with Crippen molar-refractivity contribution < 1.29 is 0 Å². The van der Waals surface area contributed by atoms with Gasteiger partial charge in [-0.3, -0.25) is 4.99 Å². The summed E-state index contributed by atoms with van der Waals surface area (Å²) in [4.78, 5) is 10.7. The summed E-state index contributed by atoms with van der Waals surface area (Å²) in [6.45, 7) is 2.51. The topological polar surface area (TPSA) is 62.8 Å². The van der Waals surface area contributed by atoms with Gasteiger partial charge in [-0.25, -0.2) is 10.8 Å². The molecule has 0 saturated heterocycles. The molecular formula is C22H21ClN4S. The highest BCUT2D eigenvalue weighted by atomic mass is 35.5. The molecule has 2 aromatic carbocycles. The van der Waals surface area contributed by atoms with E-state index in [1.807, 2.05) is 24.3 Å². The van der Waals surface area contributed by atoms with Crippen LogP contribution in [0.1, 0.15) is 27.1 Å². The van der Waals surface area contributed by atoms with Crippen LogP contribution in [0.4, 0.5) is 5.00 Å². The first-order valence-corrected chi connectivity index (χ1v) is 10.4. The average molecular weight is 409 g/mol. The average Bonchev–Trinajstić information content (AvgIpc) is 3.02. The van der Waals surface area contributed by atoms with Crippen molar-refractivity contribution in [1.29, 1.82) is 0 Å². The van der Waals surface area contributed by atoms with E-state index in [0.717, 1.165) is 34.7 Å². The SMILES string of the molecule is Cc1ccc(CCc2cc3c(s2)N=C(NN)CN=C3c2ccccc2Cl)cc1. The molecule has 4 rings (SSSR count). The molecule has 142 valence electrons. The molecule has 0 spiro atoms. The highest BCUT2D eigenvalue weighted by Gasteiger charge is 2.20. The van der Waals surface area contributed by atoms with Gasteiger partial charge >= 0.3 is 0 Å². The standard InChI is InChI=1S/C22H21ClN4S/c1-14-6-8-15(9-7-14)10-11-16-12-18-21(17-4-2-3-5-19(17)23)25-13-20(27-24)26-22(18)28-16/h2-9,12H,10-11,13,24H2,1H3,(H,26,27). The van der Waals surface area contributed by atoms with Gasteiger partial charge < -0.3 is 5.43 Å². The number of aliphatic imine (C=N–C) groups is 2. The predicted molar refractivity (Wildman–Crippen MR) is 119 cm³/mol. The van der Waals surface area contributed by atoms with Gasteiger partial charge in [-0.15, -0.1) is 11.3 Å². The van der Waals surface area contributed by atoms with Gasteiger partial charge in [0.25, 0.3) is 0 Å². The number of thiophene rings is 1. The molecule has 0 saturated carbocycles. The monoisotopic (exact) mass is 408 g/mol. The second kappa shape index (κ2) is 8.27. The van der Waals surface area contributed by atoms with E-state index in [0.29, 0.717) is 17.4 Å². The molecular weight excluding hydrogens is 388 g/mol. The second-order valence-corrected chi connectivity index (χ2v) is 8.29. The number of aryl methyl sites for hydroxylation is 3. The van der Waals surface area contributed by atoms with Gasteiger partial charge in [0.05, 0.1) is 12.3 Å². The van der Waals surface area contributed by atoms with Gasteiger partial charge in [0.1, 0.15) is 10.8 Å². The molecule has 0 amide bonds. The number of hydrogen-bond donors (Lipinski definition) is 2. The van der Waals surface area contributed by atoms with E-state index in [-0.39, 0.29) is 0 Å². The summed E-state index contributed by atoms with van der Waals surface area (Å²) in [6, 6.07) is 18.7. The first-order chi connectivity index (χ1) is 13.6. The molecule has 3 aromatic rings. The number of fused-ring (bicyclic) bond motifs is 1. The number of hydrogen-bond acceptors (Lipinski definition) is 5. The van der Waals surface area contributed by atoms with E-state index in [9.17, 15) is 0 Å². The Bertz CT molecular complexity index is 1050. The number of benzene rings is 2. The minimum Gasteiger partial charge on any atom is -0.310 e. The number of amidine groups is 1. The van der Waals surface area contributed by atoms with Crippen molar-refractivity contribution >= 4 is 39.5 Å². The van der Waals surface area contributed by atoms with Crippen LogP contribution >= 0.6 is 22.9 Å². The third kappa shape index (κ3) is 4.02. The van der Waals surface area contributed by atoms with Crippen LogP contribution in [0.5, 0.6) is 0 Å². The highest BCUT2D eigenvalue weighted by molar-refractivity contribution is 7.16. The number of nitrogens with one attached hydrogen (secondary N) is 1. The van der Waals surface area contributed by atoms with Crippen LogP contribution in [-0.2, 0) is 12.8 Å². The molecule has 0 fully saturated rings.